The van der Waals surface area contributed by atoms with Crippen molar-refractivity contribution in [1.82, 2.24) is 19.6 Å². The van der Waals surface area contributed by atoms with Crippen molar-refractivity contribution in [2.75, 3.05) is 40.4 Å². The van der Waals surface area contributed by atoms with Crippen molar-refractivity contribution in [3.05, 3.63) is 46.3 Å². The third-order valence-corrected chi connectivity index (χ3v) is 6.87. The van der Waals surface area contributed by atoms with Crippen LogP contribution in [0.2, 0.25) is 0 Å². The number of rotatable bonds is 7. The molecule has 4 rings (SSSR count). The summed E-state index contributed by atoms with van der Waals surface area (Å²) in [7, 11) is 4.83. The second-order valence-electron chi connectivity index (χ2n) is 8.79. The number of para-hydroxylation sites is 1. The van der Waals surface area contributed by atoms with Gasteiger partial charge in [-0.2, -0.15) is 5.10 Å². The fourth-order valence-corrected chi connectivity index (χ4v) is 5.07. The number of ether oxygens (including phenoxy) is 2. The molecule has 1 atom stereocenters. The maximum Gasteiger partial charge on any atom is 0.295 e. The van der Waals surface area contributed by atoms with Crippen molar-refractivity contribution in [3.63, 3.8) is 0 Å². The van der Waals surface area contributed by atoms with Crippen LogP contribution < -0.4 is 9.47 Å². The van der Waals surface area contributed by atoms with Gasteiger partial charge in [-0.3, -0.25) is 14.3 Å². The van der Waals surface area contributed by atoms with Crippen molar-refractivity contribution >= 4 is 17.4 Å². The quantitative estimate of drug-likeness (QED) is 0.379. The number of nitrogens with zero attached hydrogens (tertiary/aromatic N) is 4. The first-order valence-electron chi connectivity index (χ1n) is 11.5. The second kappa shape index (κ2) is 9.50. The molecule has 0 saturated carbocycles. The molecule has 1 unspecified atom stereocenters. The fraction of sp³-hybridized carbons (Fsp3) is 0.480. The number of likely N-dealkylation sites (tertiary alicyclic amines) is 2. The van der Waals surface area contributed by atoms with Gasteiger partial charge in [-0.25, -0.2) is 0 Å². The summed E-state index contributed by atoms with van der Waals surface area (Å²) in [6.45, 7) is 6.56. The van der Waals surface area contributed by atoms with E-state index in [4.69, 9.17) is 9.47 Å². The second-order valence-corrected chi connectivity index (χ2v) is 8.79. The van der Waals surface area contributed by atoms with Gasteiger partial charge in [0.15, 0.2) is 11.5 Å². The summed E-state index contributed by atoms with van der Waals surface area (Å²) in [6, 6.07) is 4.54. The smallest absolute Gasteiger partial charge is 0.295 e. The van der Waals surface area contributed by atoms with Gasteiger partial charge in [0, 0.05) is 31.4 Å². The van der Waals surface area contributed by atoms with Crippen molar-refractivity contribution in [2.45, 2.75) is 32.7 Å². The standard InChI is InChI=1S/C25H32N4O5/c1-15-19(16(2)27(3)26-15)22(30)20-21(17-9-8-10-18(33-4)24(17)34-5)29(25(32)23(20)31)14-13-28-11-6-7-12-28/h8-10,21,30H,6-7,11-14H2,1-5H3/b22-20+. The average Bonchev–Trinajstić information content (AvgIpc) is 3.50. The Morgan fingerprint density at radius 3 is 2.41 bits per heavy atom. The lowest BCUT2D eigenvalue weighted by Crippen LogP contribution is -2.37. The first kappa shape index (κ1) is 23.8. The molecule has 9 nitrogen and oxygen atoms in total. The molecular formula is C25H32N4O5. The Labute approximate surface area is 199 Å². The number of methoxy groups -OCH3 is 2. The summed E-state index contributed by atoms with van der Waals surface area (Å²) in [5.41, 5.74) is 2.37. The van der Waals surface area contributed by atoms with E-state index in [-0.39, 0.29) is 11.3 Å². The number of hydrogen-bond donors (Lipinski definition) is 1. The Balaban J connectivity index is 1.89. The van der Waals surface area contributed by atoms with E-state index in [1.165, 1.54) is 14.2 Å². The number of Topliss-reactive ketones (excluding diaryl/α,β-unsaturated/α-hetero) is 1. The minimum atomic E-state index is -0.813. The van der Waals surface area contributed by atoms with Gasteiger partial charge in [0.25, 0.3) is 11.7 Å². The van der Waals surface area contributed by atoms with E-state index in [1.54, 1.807) is 41.8 Å². The summed E-state index contributed by atoms with van der Waals surface area (Å²) < 4.78 is 12.8. The molecule has 2 fully saturated rings. The number of aliphatic hydroxyl groups is 1. The Hall–Kier alpha value is -3.33. The molecule has 182 valence electrons. The lowest BCUT2D eigenvalue weighted by molar-refractivity contribution is -0.140. The third-order valence-electron chi connectivity index (χ3n) is 6.87. The van der Waals surface area contributed by atoms with Gasteiger partial charge in [-0.05, 0) is 45.8 Å². The van der Waals surface area contributed by atoms with E-state index in [2.05, 4.69) is 10.00 Å². The van der Waals surface area contributed by atoms with Crippen LogP contribution in [-0.2, 0) is 16.6 Å². The van der Waals surface area contributed by atoms with E-state index in [0.29, 0.717) is 47.1 Å². The molecular weight excluding hydrogens is 436 g/mol. The fourth-order valence-electron chi connectivity index (χ4n) is 5.07. The zero-order valence-electron chi connectivity index (χ0n) is 20.4. The molecule has 9 heteroatoms. The molecule has 0 aliphatic carbocycles. The topological polar surface area (TPSA) is 97.1 Å². The predicted octanol–water partition coefficient (Wildman–Crippen LogP) is 2.57. The predicted molar refractivity (Wildman–Crippen MR) is 127 cm³/mol. The summed E-state index contributed by atoms with van der Waals surface area (Å²) in [5.74, 6) is -0.654. The molecule has 2 aromatic rings. The molecule has 2 saturated heterocycles. The largest absolute Gasteiger partial charge is 0.507 e. The van der Waals surface area contributed by atoms with Crippen LogP contribution in [0.4, 0.5) is 0 Å². The number of aryl methyl sites for hydroxylation is 2. The highest BCUT2D eigenvalue weighted by Gasteiger charge is 2.47. The van der Waals surface area contributed by atoms with Crippen LogP contribution in [0.1, 0.15) is 41.4 Å². The van der Waals surface area contributed by atoms with E-state index in [0.717, 1.165) is 25.9 Å². The molecule has 1 aromatic carbocycles. The van der Waals surface area contributed by atoms with Crippen LogP contribution in [0.5, 0.6) is 11.5 Å². The van der Waals surface area contributed by atoms with Crippen LogP contribution in [0.25, 0.3) is 5.76 Å². The first-order valence-corrected chi connectivity index (χ1v) is 11.5. The number of amides is 1. The molecule has 0 spiro atoms. The highest BCUT2D eigenvalue weighted by molar-refractivity contribution is 6.46. The van der Waals surface area contributed by atoms with Gasteiger partial charge in [0.2, 0.25) is 0 Å². The SMILES string of the molecule is COc1cccc(C2/C(=C(\O)c3c(C)nn(C)c3C)C(=O)C(=O)N2CCN2CCCC2)c1OC. The minimum absolute atomic E-state index is 0.0391. The molecule has 1 N–H and O–H groups in total. The van der Waals surface area contributed by atoms with Gasteiger partial charge in [0.1, 0.15) is 5.76 Å². The maximum absolute atomic E-state index is 13.4. The molecule has 3 heterocycles. The van der Waals surface area contributed by atoms with Crippen LogP contribution in [0.15, 0.2) is 23.8 Å². The highest BCUT2D eigenvalue weighted by atomic mass is 16.5. The molecule has 2 aliphatic heterocycles. The Morgan fingerprint density at radius 2 is 1.82 bits per heavy atom. The lowest BCUT2D eigenvalue weighted by atomic mass is 9.93. The number of benzene rings is 1. The van der Waals surface area contributed by atoms with Crippen molar-refractivity contribution in [1.29, 1.82) is 0 Å². The third kappa shape index (κ3) is 3.94. The molecule has 2 aliphatic rings. The number of carbonyl (C=O) groups is 2. The highest BCUT2D eigenvalue weighted by Crippen LogP contribution is 2.45. The normalized spacial score (nSPS) is 20.4. The van der Waals surface area contributed by atoms with Gasteiger partial charge in [-0.15, -0.1) is 0 Å². The maximum atomic E-state index is 13.4. The van der Waals surface area contributed by atoms with Gasteiger partial charge < -0.3 is 24.4 Å². The monoisotopic (exact) mass is 468 g/mol. The van der Waals surface area contributed by atoms with Crippen LogP contribution in [0.3, 0.4) is 0 Å². The molecule has 0 radical (unpaired) electrons. The van der Waals surface area contributed by atoms with E-state index in [9.17, 15) is 14.7 Å². The van der Waals surface area contributed by atoms with Gasteiger partial charge >= 0.3 is 0 Å². The zero-order valence-corrected chi connectivity index (χ0v) is 20.4. The first-order chi connectivity index (χ1) is 16.3. The number of hydrogen-bond acceptors (Lipinski definition) is 7. The lowest BCUT2D eigenvalue weighted by Gasteiger charge is -2.28. The van der Waals surface area contributed by atoms with Gasteiger partial charge in [0.05, 0.1) is 37.1 Å². The van der Waals surface area contributed by atoms with Crippen LogP contribution >= 0.6 is 0 Å². The number of ketones is 1. The molecule has 1 aromatic heterocycles. The molecule has 0 bridgehead atoms. The molecule has 1 amide bonds. The Morgan fingerprint density at radius 1 is 1.12 bits per heavy atom. The van der Waals surface area contributed by atoms with E-state index in [1.807, 2.05) is 6.92 Å². The summed E-state index contributed by atoms with van der Waals surface area (Å²) >= 11 is 0. The summed E-state index contributed by atoms with van der Waals surface area (Å²) in [6.07, 6.45) is 2.26. The Bertz CT molecular complexity index is 1150. The van der Waals surface area contributed by atoms with Crippen LogP contribution in [0, 0.1) is 13.8 Å². The number of aromatic nitrogens is 2. The Kier molecular flexibility index (Phi) is 6.65. The minimum Gasteiger partial charge on any atom is -0.507 e. The molecule has 34 heavy (non-hydrogen) atoms. The average molecular weight is 469 g/mol. The number of aliphatic hydroxyl groups excluding tert-OH is 1. The zero-order chi connectivity index (χ0) is 24.6. The van der Waals surface area contributed by atoms with E-state index >= 15 is 0 Å². The van der Waals surface area contributed by atoms with Gasteiger partial charge in [-0.1, -0.05) is 12.1 Å². The van der Waals surface area contributed by atoms with Crippen LogP contribution in [-0.4, -0.2) is 76.8 Å². The van der Waals surface area contributed by atoms with Crippen molar-refractivity contribution in [2.24, 2.45) is 7.05 Å². The van der Waals surface area contributed by atoms with E-state index < -0.39 is 17.7 Å². The summed E-state index contributed by atoms with van der Waals surface area (Å²) in [5, 5.41) is 15.8. The summed E-state index contributed by atoms with van der Waals surface area (Å²) in [4.78, 5) is 30.5. The number of carbonyl (C=O) groups excluding carboxylic acids is 2. The van der Waals surface area contributed by atoms with Crippen molar-refractivity contribution in [3.8, 4) is 11.5 Å². The van der Waals surface area contributed by atoms with Crippen molar-refractivity contribution < 1.29 is 24.2 Å².